The minimum Gasteiger partial charge on any atom is -0.379 e. The van der Waals surface area contributed by atoms with Gasteiger partial charge in [0.05, 0.1) is 13.2 Å². The molecule has 2 saturated heterocycles. The highest BCUT2D eigenvalue weighted by molar-refractivity contribution is 7.15. The number of nitrogens with one attached hydrogen (secondary N) is 1. The lowest BCUT2D eigenvalue weighted by Gasteiger charge is -2.29. The molecule has 1 unspecified atom stereocenters. The van der Waals surface area contributed by atoms with E-state index in [9.17, 15) is 4.79 Å². The molecule has 0 aromatic carbocycles. The molecule has 1 aromatic heterocycles. The van der Waals surface area contributed by atoms with E-state index in [0.29, 0.717) is 5.92 Å². The average molecular weight is 338 g/mol. The first kappa shape index (κ1) is 16.7. The fourth-order valence-electron chi connectivity index (χ4n) is 3.21. The lowest BCUT2D eigenvalue weighted by Crippen LogP contribution is -2.40. The molecule has 2 aliphatic heterocycles. The maximum Gasteiger partial charge on any atom is 0.323 e. The van der Waals surface area contributed by atoms with Crippen molar-refractivity contribution in [1.29, 1.82) is 0 Å². The van der Waals surface area contributed by atoms with E-state index in [-0.39, 0.29) is 6.03 Å². The number of thiazole rings is 1. The van der Waals surface area contributed by atoms with Gasteiger partial charge in [-0.15, -0.1) is 11.3 Å². The molecular formula is C16H26N4O2S. The van der Waals surface area contributed by atoms with E-state index in [4.69, 9.17) is 4.74 Å². The van der Waals surface area contributed by atoms with Crippen LogP contribution in [-0.4, -0.2) is 66.8 Å². The summed E-state index contributed by atoms with van der Waals surface area (Å²) in [4.78, 5) is 22.3. The first-order valence-electron chi connectivity index (χ1n) is 8.55. The number of morpholine rings is 1. The summed E-state index contributed by atoms with van der Waals surface area (Å²) in [5.74, 6) is 0.575. The molecule has 2 fully saturated rings. The normalized spacial score (nSPS) is 22.5. The molecule has 1 atom stereocenters. The van der Waals surface area contributed by atoms with E-state index in [1.54, 1.807) is 11.3 Å². The summed E-state index contributed by atoms with van der Waals surface area (Å²) in [5.41, 5.74) is 0. The maximum atomic E-state index is 12.4. The van der Waals surface area contributed by atoms with Gasteiger partial charge >= 0.3 is 6.03 Å². The lowest BCUT2D eigenvalue weighted by atomic mass is 10.1. The Balaban J connectivity index is 1.44. The third-order valence-electron chi connectivity index (χ3n) is 4.46. The molecule has 1 aromatic rings. The summed E-state index contributed by atoms with van der Waals surface area (Å²) < 4.78 is 5.39. The van der Waals surface area contributed by atoms with Crippen molar-refractivity contribution >= 4 is 22.5 Å². The zero-order valence-corrected chi connectivity index (χ0v) is 14.6. The number of aryl methyl sites for hydroxylation is 1. The van der Waals surface area contributed by atoms with Gasteiger partial charge in [-0.3, -0.25) is 10.2 Å². The van der Waals surface area contributed by atoms with Crippen molar-refractivity contribution in [3.05, 3.63) is 11.1 Å². The Morgan fingerprint density at radius 1 is 1.43 bits per heavy atom. The van der Waals surface area contributed by atoms with Gasteiger partial charge in [-0.1, -0.05) is 13.3 Å². The van der Waals surface area contributed by atoms with Crippen molar-refractivity contribution < 1.29 is 9.53 Å². The molecule has 0 radical (unpaired) electrons. The van der Waals surface area contributed by atoms with Gasteiger partial charge in [0, 0.05) is 43.8 Å². The largest absolute Gasteiger partial charge is 0.379 e. The summed E-state index contributed by atoms with van der Waals surface area (Å²) in [7, 11) is 0. The molecule has 2 aliphatic rings. The van der Waals surface area contributed by atoms with Crippen LogP contribution in [-0.2, 0) is 11.2 Å². The Kier molecular flexibility index (Phi) is 5.85. The van der Waals surface area contributed by atoms with Crippen LogP contribution in [0.1, 0.15) is 24.6 Å². The molecular weight excluding hydrogens is 312 g/mol. The average Bonchev–Trinajstić information content (AvgIpc) is 3.18. The fraction of sp³-hybridized carbons (Fsp3) is 0.750. The first-order chi connectivity index (χ1) is 11.2. The number of carbonyl (C=O) groups excluding carboxylic acids is 1. The highest BCUT2D eigenvalue weighted by Crippen LogP contribution is 2.22. The molecule has 0 bridgehead atoms. The van der Waals surface area contributed by atoms with Crippen LogP contribution < -0.4 is 5.32 Å². The molecule has 3 heterocycles. The van der Waals surface area contributed by atoms with Gasteiger partial charge in [0.1, 0.15) is 0 Å². The van der Waals surface area contributed by atoms with Crippen molar-refractivity contribution in [3.63, 3.8) is 0 Å². The minimum atomic E-state index is -0.00752. The summed E-state index contributed by atoms with van der Waals surface area (Å²) in [6.45, 7) is 8.61. The van der Waals surface area contributed by atoms with Crippen LogP contribution in [0.3, 0.4) is 0 Å². The van der Waals surface area contributed by atoms with Gasteiger partial charge in [-0.05, 0) is 18.8 Å². The number of nitrogens with zero attached hydrogens (tertiary/aromatic N) is 3. The Morgan fingerprint density at radius 3 is 3.04 bits per heavy atom. The number of likely N-dealkylation sites (tertiary alicyclic amines) is 1. The van der Waals surface area contributed by atoms with Crippen molar-refractivity contribution in [2.45, 2.75) is 26.2 Å². The van der Waals surface area contributed by atoms with E-state index in [0.717, 1.165) is 70.3 Å². The zero-order chi connectivity index (χ0) is 16.1. The number of ether oxygens (including phenoxy) is 1. The molecule has 0 spiro atoms. The molecule has 6 nitrogen and oxygen atoms in total. The van der Waals surface area contributed by atoms with Crippen LogP contribution in [0.15, 0.2) is 6.20 Å². The summed E-state index contributed by atoms with van der Waals surface area (Å²) in [6.07, 6.45) is 5.09. The number of amides is 2. The van der Waals surface area contributed by atoms with E-state index in [1.165, 1.54) is 4.88 Å². The zero-order valence-electron chi connectivity index (χ0n) is 13.8. The van der Waals surface area contributed by atoms with E-state index < -0.39 is 0 Å². The number of aromatic nitrogens is 1. The minimum absolute atomic E-state index is 0.00752. The van der Waals surface area contributed by atoms with Crippen molar-refractivity contribution in [2.24, 2.45) is 5.92 Å². The van der Waals surface area contributed by atoms with Crippen LogP contribution in [0.25, 0.3) is 0 Å². The first-order valence-corrected chi connectivity index (χ1v) is 9.37. The van der Waals surface area contributed by atoms with Gasteiger partial charge in [0.25, 0.3) is 0 Å². The Labute approximate surface area is 141 Å². The van der Waals surface area contributed by atoms with Gasteiger partial charge in [0.15, 0.2) is 5.13 Å². The quantitative estimate of drug-likeness (QED) is 0.895. The lowest BCUT2D eigenvalue weighted by molar-refractivity contribution is 0.0314. The molecule has 7 heteroatoms. The number of anilines is 1. The van der Waals surface area contributed by atoms with E-state index in [2.05, 4.69) is 22.1 Å². The Hall–Kier alpha value is -1.18. The number of carbonyl (C=O) groups is 1. The number of urea groups is 1. The predicted octanol–water partition coefficient (Wildman–Crippen LogP) is 2.28. The molecule has 128 valence electrons. The summed E-state index contributed by atoms with van der Waals surface area (Å²) >= 11 is 1.58. The molecule has 0 aliphatic carbocycles. The van der Waals surface area contributed by atoms with E-state index >= 15 is 0 Å². The number of rotatable bonds is 5. The molecule has 2 amide bonds. The van der Waals surface area contributed by atoms with Gasteiger partial charge in [-0.25, -0.2) is 9.78 Å². The Morgan fingerprint density at radius 2 is 2.26 bits per heavy atom. The van der Waals surface area contributed by atoms with E-state index in [1.807, 2.05) is 11.1 Å². The molecule has 3 rings (SSSR count). The van der Waals surface area contributed by atoms with Crippen LogP contribution >= 0.6 is 11.3 Å². The molecule has 1 N–H and O–H groups in total. The second-order valence-corrected chi connectivity index (χ2v) is 7.44. The topological polar surface area (TPSA) is 57.7 Å². The molecule has 0 saturated carbocycles. The second kappa shape index (κ2) is 8.08. The highest BCUT2D eigenvalue weighted by Gasteiger charge is 2.28. The highest BCUT2D eigenvalue weighted by atomic mass is 32.1. The number of hydrogen-bond acceptors (Lipinski definition) is 5. The summed E-state index contributed by atoms with van der Waals surface area (Å²) in [6, 6.07) is -0.00752. The molecule has 23 heavy (non-hydrogen) atoms. The standard InChI is InChI=1S/C16H26N4O2S/c1-2-3-14-10-17-15(23-14)18-16(21)20-5-4-13(12-20)11-19-6-8-22-9-7-19/h10,13H,2-9,11-12H2,1H3,(H,17,18,21). The summed E-state index contributed by atoms with van der Waals surface area (Å²) in [5, 5.41) is 3.67. The third kappa shape index (κ3) is 4.65. The monoisotopic (exact) mass is 338 g/mol. The van der Waals surface area contributed by atoms with Crippen molar-refractivity contribution in [2.75, 3.05) is 51.3 Å². The number of hydrogen-bond donors (Lipinski definition) is 1. The smallest absolute Gasteiger partial charge is 0.323 e. The SMILES string of the molecule is CCCc1cnc(NC(=O)N2CCC(CN3CCOCC3)C2)s1. The Bertz CT molecular complexity index is 516. The van der Waals surface area contributed by atoms with Crippen LogP contribution in [0.4, 0.5) is 9.93 Å². The van der Waals surface area contributed by atoms with Crippen LogP contribution in [0, 0.1) is 5.92 Å². The maximum absolute atomic E-state index is 12.4. The predicted molar refractivity (Wildman–Crippen MR) is 92.1 cm³/mol. The van der Waals surface area contributed by atoms with Gasteiger partial charge in [-0.2, -0.15) is 0 Å². The van der Waals surface area contributed by atoms with Gasteiger partial charge in [0.2, 0.25) is 0 Å². The van der Waals surface area contributed by atoms with Gasteiger partial charge < -0.3 is 9.64 Å². The van der Waals surface area contributed by atoms with Crippen LogP contribution in [0.2, 0.25) is 0 Å². The fourth-order valence-corrected chi connectivity index (χ4v) is 4.12. The van der Waals surface area contributed by atoms with Crippen LogP contribution in [0.5, 0.6) is 0 Å². The van der Waals surface area contributed by atoms with Crippen molar-refractivity contribution in [3.8, 4) is 0 Å². The second-order valence-electron chi connectivity index (χ2n) is 6.33. The van der Waals surface area contributed by atoms with Crippen molar-refractivity contribution in [1.82, 2.24) is 14.8 Å². The third-order valence-corrected chi connectivity index (χ3v) is 5.43.